The van der Waals surface area contributed by atoms with Gasteiger partial charge < -0.3 is 25.2 Å². The summed E-state index contributed by atoms with van der Waals surface area (Å²) in [7, 11) is -4.76. The molecule has 3 unspecified atom stereocenters. The molecule has 12 heteroatoms. The van der Waals surface area contributed by atoms with Crippen LogP contribution in [0.4, 0.5) is 0 Å². The van der Waals surface area contributed by atoms with Crippen LogP contribution >= 0.6 is 7.82 Å². The van der Waals surface area contributed by atoms with Gasteiger partial charge >= 0.3 is 19.8 Å². The van der Waals surface area contributed by atoms with Crippen LogP contribution in [-0.4, -0.2) is 64.9 Å². The Hall–Kier alpha value is -2.30. The number of carboxylic acid groups (broad SMARTS) is 1. The molecule has 0 saturated carbocycles. The van der Waals surface area contributed by atoms with Gasteiger partial charge in [0.15, 0.2) is 6.04 Å². The van der Waals surface area contributed by atoms with E-state index in [0.29, 0.717) is 12.8 Å². The number of phosphoric ester groups is 1. The summed E-state index contributed by atoms with van der Waals surface area (Å²) in [5.74, 6) is -2.39. The molecule has 0 spiro atoms. The highest BCUT2D eigenvalue weighted by Crippen LogP contribution is 2.43. The van der Waals surface area contributed by atoms with Crippen molar-refractivity contribution in [2.45, 2.75) is 206 Å². The number of aliphatic carboxylic acids is 1. The van der Waals surface area contributed by atoms with Crippen LogP contribution in [0.5, 0.6) is 0 Å². The van der Waals surface area contributed by atoms with Gasteiger partial charge in [-0.2, -0.15) is 0 Å². The summed E-state index contributed by atoms with van der Waals surface area (Å²) in [6.45, 7) is 2.54. The molecule has 0 aromatic carbocycles. The zero-order valence-electron chi connectivity index (χ0n) is 35.2. The average Bonchev–Trinajstić information content (AvgIpc) is 3.17. The van der Waals surface area contributed by atoms with Gasteiger partial charge in [-0.15, -0.1) is 0 Å². The van der Waals surface area contributed by atoms with Crippen LogP contribution in [0.25, 0.3) is 0 Å². The maximum atomic E-state index is 12.3. The number of rotatable bonds is 41. The summed E-state index contributed by atoms with van der Waals surface area (Å²) < 4.78 is 26.8. The lowest BCUT2D eigenvalue weighted by molar-refractivity contribution is -0.147. The number of phosphoric acid groups is 1. The van der Waals surface area contributed by atoms with E-state index >= 15 is 0 Å². The molecule has 0 aromatic heterocycles. The van der Waals surface area contributed by atoms with Crippen LogP contribution in [0.15, 0.2) is 36.5 Å². The van der Waals surface area contributed by atoms with Crippen LogP contribution < -0.4 is 5.32 Å². The van der Waals surface area contributed by atoms with E-state index < -0.39 is 57.6 Å². The number of nitrogens with one attached hydrogen (secondary N) is 1. The van der Waals surface area contributed by atoms with E-state index in [2.05, 4.69) is 55.6 Å². The molecule has 0 aromatic rings. The van der Waals surface area contributed by atoms with Crippen molar-refractivity contribution < 1.29 is 47.8 Å². The maximum absolute atomic E-state index is 12.3. The maximum Gasteiger partial charge on any atom is 0.472 e. The molecule has 4 N–H and O–H groups in total. The lowest BCUT2D eigenvalue weighted by Crippen LogP contribution is -2.43. The van der Waals surface area contributed by atoms with Gasteiger partial charge in [0.2, 0.25) is 5.91 Å². The van der Waals surface area contributed by atoms with Gasteiger partial charge in [0.1, 0.15) is 12.7 Å². The van der Waals surface area contributed by atoms with E-state index in [1.165, 1.54) is 83.5 Å². The number of carbonyl (C=O) groups excluding carboxylic acids is 2. The second-order valence-electron chi connectivity index (χ2n) is 14.9. The molecule has 11 nitrogen and oxygen atoms in total. The summed E-state index contributed by atoms with van der Waals surface area (Å²) in [6, 6.07) is -1.55. The van der Waals surface area contributed by atoms with Gasteiger partial charge in [0.25, 0.3) is 0 Å². The normalized spacial score (nSPS) is 14.1. The minimum atomic E-state index is -4.76. The summed E-state index contributed by atoms with van der Waals surface area (Å²) in [5, 5.41) is 21.8. The molecule has 56 heavy (non-hydrogen) atoms. The summed E-state index contributed by atoms with van der Waals surface area (Å²) in [5.41, 5.74) is 0. The standard InChI is InChI=1S/C44H80NO10P/c1-3-5-7-9-11-13-15-17-18-19-20-21-22-24-26-28-30-32-34-36-43(48)53-37-40(46)38-54-56(51,52)55-39-41(44(49)50)45-42(47)35-33-31-29-27-25-23-16-14-12-10-8-6-4-2/h11,13-14,16-18,40-41,46H,3-10,12,15,19-39H2,1-2H3,(H,45,47)(H,49,50)(H,51,52)/b13-11-,16-14-,18-17-. The number of unbranched alkanes of at least 4 members (excludes halogenated alkanes) is 21. The number of hydrogen-bond donors (Lipinski definition) is 4. The van der Waals surface area contributed by atoms with Gasteiger partial charge in [-0.1, -0.05) is 147 Å². The quantitative estimate of drug-likeness (QED) is 0.0202. The largest absolute Gasteiger partial charge is 0.480 e. The fourth-order valence-electron chi connectivity index (χ4n) is 5.93. The minimum absolute atomic E-state index is 0.135. The predicted molar refractivity (Wildman–Crippen MR) is 226 cm³/mol. The fraction of sp³-hybridized carbons (Fsp3) is 0.795. The Kier molecular flexibility index (Phi) is 37.9. The second-order valence-corrected chi connectivity index (χ2v) is 16.3. The Labute approximate surface area is 340 Å². The van der Waals surface area contributed by atoms with Gasteiger partial charge in [-0.05, 0) is 70.6 Å². The second kappa shape index (κ2) is 39.5. The molecule has 0 aliphatic carbocycles. The summed E-state index contributed by atoms with van der Waals surface area (Å²) in [4.78, 5) is 45.9. The van der Waals surface area contributed by atoms with E-state index in [9.17, 15) is 34.1 Å². The molecular weight excluding hydrogens is 733 g/mol. The topological polar surface area (TPSA) is 169 Å². The van der Waals surface area contributed by atoms with Crippen LogP contribution in [0.3, 0.4) is 0 Å². The van der Waals surface area contributed by atoms with E-state index in [4.69, 9.17) is 13.8 Å². The Morgan fingerprint density at radius 2 is 0.982 bits per heavy atom. The first-order valence-corrected chi connectivity index (χ1v) is 23.5. The highest BCUT2D eigenvalue weighted by Gasteiger charge is 2.28. The third-order valence-corrected chi connectivity index (χ3v) is 10.4. The molecule has 0 saturated heterocycles. The number of amides is 1. The van der Waals surface area contributed by atoms with E-state index in [1.807, 2.05) is 0 Å². The van der Waals surface area contributed by atoms with Crippen molar-refractivity contribution in [2.75, 3.05) is 19.8 Å². The molecule has 0 aliphatic heterocycles. The van der Waals surface area contributed by atoms with Crippen molar-refractivity contribution in [2.24, 2.45) is 0 Å². The zero-order chi connectivity index (χ0) is 41.4. The van der Waals surface area contributed by atoms with E-state index in [0.717, 1.165) is 70.6 Å². The molecule has 326 valence electrons. The lowest BCUT2D eigenvalue weighted by atomic mass is 10.1. The van der Waals surface area contributed by atoms with Crippen LogP contribution in [0.1, 0.15) is 194 Å². The molecule has 0 bridgehead atoms. The van der Waals surface area contributed by atoms with Crippen molar-refractivity contribution in [1.82, 2.24) is 5.32 Å². The Balaban J connectivity index is 3.89. The average molecular weight is 814 g/mol. The summed E-state index contributed by atoms with van der Waals surface area (Å²) in [6.07, 6.45) is 41.7. The number of aliphatic hydroxyl groups is 1. The molecule has 0 aliphatic rings. The minimum Gasteiger partial charge on any atom is -0.480 e. The first kappa shape index (κ1) is 53.7. The SMILES string of the molecule is CCCCC/C=C\C/C=C\CCCCCCCCCCCC(=O)OCC(O)COP(=O)(O)OCC(NC(=O)CCCCCCC/C=C\CCCCCC)C(=O)O. The molecule has 0 heterocycles. The Morgan fingerprint density at radius 3 is 1.50 bits per heavy atom. The number of esters is 1. The number of carbonyl (C=O) groups is 3. The van der Waals surface area contributed by atoms with Crippen molar-refractivity contribution in [3.05, 3.63) is 36.5 Å². The van der Waals surface area contributed by atoms with Crippen molar-refractivity contribution >= 4 is 25.7 Å². The Morgan fingerprint density at radius 1 is 0.571 bits per heavy atom. The molecule has 0 radical (unpaired) electrons. The monoisotopic (exact) mass is 814 g/mol. The molecule has 1 amide bonds. The lowest BCUT2D eigenvalue weighted by Gasteiger charge is -2.18. The van der Waals surface area contributed by atoms with E-state index in [-0.39, 0.29) is 12.8 Å². The van der Waals surface area contributed by atoms with Crippen LogP contribution in [0, 0.1) is 0 Å². The number of aliphatic hydroxyl groups excluding tert-OH is 1. The number of allylic oxidation sites excluding steroid dienone is 6. The van der Waals surface area contributed by atoms with Crippen LogP contribution in [0.2, 0.25) is 0 Å². The first-order chi connectivity index (χ1) is 27.1. The van der Waals surface area contributed by atoms with Crippen molar-refractivity contribution in [3.8, 4) is 0 Å². The van der Waals surface area contributed by atoms with Gasteiger partial charge in [-0.3, -0.25) is 18.6 Å². The summed E-state index contributed by atoms with van der Waals surface area (Å²) >= 11 is 0. The van der Waals surface area contributed by atoms with Gasteiger partial charge in [0.05, 0.1) is 13.2 Å². The zero-order valence-corrected chi connectivity index (χ0v) is 36.1. The first-order valence-electron chi connectivity index (χ1n) is 22.0. The molecule has 0 fully saturated rings. The Bertz CT molecular complexity index is 1100. The van der Waals surface area contributed by atoms with E-state index in [1.54, 1.807) is 0 Å². The predicted octanol–water partition coefficient (Wildman–Crippen LogP) is 11.2. The van der Waals surface area contributed by atoms with Crippen molar-refractivity contribution in [3.63, 3.8) is 0 Å². The third-order valence-electron chi connectivity index (χ3n) is 9.40. The molecule has 0 rings (SSSR count). The highest BCUT2D eigenvalue weighted by atomic mass is 31.2. The molecule has 3 atom stereocenters. The van der Waals surface area contributed by atoms with Crippen molar-refractivity contribution in [1.29, 1.82) is 0 Å². The van der Waals surface area contributed by atoms with Gasteiger partial charge in [0, 0.05) is 12.8 Å². The number of ether oxygens (including phenoxy) is 1. The number of hydrogen-bond acceptors (Lipinski definition) is 8. The highest BCUT2D eigenvalue weighted by molar-refractivity contribution is 7.47. The van der Waals surface area contributed by atoms with Gasteiger partial charge in [-0.25, -0.2) is 9.36 Å². The third kappa shape index (κ3) is 38.6. The number of carboxylic acids is 1. The fourth-order valence-corrected chi connectivity index (χ4v) is 6.70. The molecular formula is C44H80NO10P. The van der Waals surface area contributed by atoms with Crippen LogP contribution in [-0.2, 0) is 32.7 Å². The smallest absolute Gasteiger partial charge is 0.472 e.